The Labute approximate surface area is 185 Å². The van der Waals surface area contributed by atoms with Crippen LogP contribution in [0.4, 0.5) is 13.6 Å². The summed E-state index contributed by atoms with van der Waals surface area (Å²) in [5.74, 6) is -1.39. The van der Waals surface area contributed by atoms with Crippen LogP contribution in [0.5, 0.6) is 0 Å². The Bertz CT molecular complexity index is 801. The van der Waals surface area contributed by atoms with E-state index in [0.29, 0.717) is 25.6 Å². The molecule has 0 radical (unpaired) electrons. The molecule has 0 aromatic heterocycles. The van der Waals surface area contributed by atoms with Crippen LogP contribution in [-0.2, 0) is 20.7 Å². The van der Waals surface area contributed by atoms with Crippen molar-refractivity contribution in [1.29, 1.82) is 0 Å². The lowest BCUT2D eigenvalue weighted by Crippen LogP contribution is -2.45. The molecule has 8 nitrogen and oxygen atoms in total. The van der Waals surface area contributed by atoms with Crippen LogP contribution in [-0.4, -0.2) is 49.6 Å². The highest BCUT2D eigenvalue weighted by atomic mass is 19.1. The van der Waals surface area contributed by atoms with Crippen LogP contribution in [0.25, 0.3) is 0 Å². The van der Waals surface area contributed by atoms with Crippen LogP contribution >= 0.6 is 0 Å². The summed E-state index contributed by atoms with van der Waals surface area (Å²) in [6, 6.07) is 3.34. The number of hydrogen-bond acceptors (Lipinski definition) is 6. The van der Waals surface area contributed by atoms with Crippen molar-refractivity contribution in [1.82, 2.24) is 21.5 Å². The molecule has 0 spiro atoms. The van der Waals surface area contributed by atoms with E-state index in [1.807, 2.05) is 0 Å². The minimum absolute atomic E-state index is 0.0981. The SMILES string of the molecule is O=C(Cc1cc(F)cc(F)c1)NC1CC([C@H]2CC[C@@H](OC(=O)NC3CCOCC3)C2)NN1. The largest absolute Gasteiger partial charge is 0.446 e. The summed E-state index contributed by atoms with van der Waals surface area (Å²) in [6.07, 6.45) is 3.95. The van der Waals surface area contributed by atoms with Gasteiger partial charge < -0.3 is 20.1 Å². The van der Waals surface area contributed by atoms with Crippen molar-refractivity contribution in [2.24, 2.45) is 5.92 Å². The van der Waals surface area contributed by atoms with Gasteiger partial charge >= 0.3 is 6.09 Å². The second-order valence-corrected chi connectivity index (χ2v) is 8.84. The van der Waals surface area contributed by atoms with E-state index >= 15 is 0 Å². The van der Waals surface area contributed by atoms with E-state index in [0.717, 1.165) is 50.3 Å². The monoisotopic (exact) mass is 452 g/mol. The summed E-state index contributed by atoms with van der Waals surface area (Å²) in [5.41, 5.74) is 6.58. The Kier molecular flexibility index (Phi) is 7.54. The average molecular weight is 453 g/mol. The number of hydrogen-bond donors (Lipinski definition) is 4. The van der Waals surface area contributed by atoms with Crippen molar-refractivity contribution >= 4 is 12.0 Å². The van der Waals surface area contributed by atoms with Crippen LogP contribution in [0, 0.1) is 17.6 Å². The van der Waals surface area contributed by atoms with Crippen molar-refractivity contribution in [2.45, 2.75) is 69.3 Å². The van der Waals surface area contributed by atoms with Gasteiger partial charge in [0.25, 0.3) is 0 Å². The third kappa shape index (κ3) is 6.36. The summed E-state index contributed by atoms with van der Waals surface area (Å²) < 4.78 is 37.5. The molecule has 2 heterocycles. The van der Waals surface area contributed by atoms with E-state index in [9.17, 15) is 18.4 Å². The maximum atomic E-state index is 13.3. The number of benzene rings is 1. The number of alkyl carbamates (subject to hydrolysis) is 1. The van der Waals surface area contributed by atoms with Crippen LogP contribution < -0.4 is 21.5 Å². The van der Waals surface area contributed by atoms with E-state index in [1.165, 1.54) is 0 Å². The lowest BCUT2D eigenvalue weighted by atomic mass is 9.96. The molecule has 4 N–H and O–H groups in total. The fraction of sp³-hybridized carbons (Fsp3) is 0.636. The van der Waals surface area contributed by atoms with Crippen molar-refractivity contribution in [2.75, 3.05) is 13.2 Å². The minimum atomic E-state index is -0.701. The standard InChI is InChI=1S/C22H30F2N4O4/c23-15-7-13(8-16(24)11-15)9-21(29)26-20-12-19(27-28-20)14-1-2-18(10-14)32-22(30)25-17-3-5-31-6-4-17/h7-8,11,14,17-20,27-28H,1-6,9-10,12H2,(H,25,30)(H,26,29)/t14-,18+,19?,20?/m0/s1. The fourth-order valence-electron chi connectivity index (χ4n) is 4.77. The summed E-state index contributed by atoms with van der Waals surface area (Å²) in [4.78, 5) is 24.4. The van der Waals surface area contributed by atoms with E-state index in [1.54, 1.807) is 0 Å². The van der Waals surface area contributed by atoms with Gasteiger partial charge in [-0.2, -0.15) is 0 Å². The molecule has 1 aromatic rings. The minimum Gasteiger partial charge on any atom is -0.446 e. The first-order valence-electron chi connectivity index (χ1n) is 11.2. The molecule has 10 heteroatoms. The zero-order valence-electron chi connectivity index (χ0n) is 17.9. The zero-order valence-corrected chi connectivity index (χ0v) is 17.9. The maximum absolute atomic E-state index is 13.3. The number of rotatable bonds is 6. The lowest BCUT2D eigenvalue weighted by molar-refractivity contribution is -0.121. The summed E-state index contributed by atoms with van der Waals surface area (Å²) in [6.45, 7) is 1.32. The lowest BCUT2D eigenvalue weighted by Gasteiger charge is -2.24. The summed E-state index contributed by atoms with van der Waals surface area (Å²) in [7, 11) is 0. The van der Waals surface area contributed by atoms with Crippen LogP contribution in [0.15, 0.2) is 18.2 Å². The Morgan fingerprint density at radius 1 is 1.00 bits per heavy atom. The van der Waals surface area contributed by atoms with Crippen molar-refractivity contribution in [3.05, 3.63) is 35.4 Å². The van der Waals surface area contributed by atoms with E-state index in [2.05, 4.69) is 21.5 Å². The van der Waals surface area contributed by atoms with Gasteiger partial charge in [-0.05, 0) is 62.1 Å². The second kappa shape index (κ2) is 10.5. The van der Waals surface area contributed by atoms with Gasteiger partial charge in [-0.15, -0.1) is 0 Å². The van der Waals surface area contributed by atoms with E-state index in [-0.39, 0.29) is 48.3 Å². The predicted octanol–water partition coefficient (Wildman–Crippen LogP) is 1.89. The van der Waals surface area contributed by atoms with Gasteiger partial charge in [-0.25, -0.2) is 19.0 Å². The fourth-order valence-corrected chi connectivity index (χ4v) is 4.77. The molecule has 0 bridgehead atoms. The Balaban J connectivity index is 1.17. The first kappa shape index (κ1) is 22.9. The van der Waals surface area contributed by atoms with Gasteiger partial charge in [0.2, 0.25) is 5.91 Å². The number of carbonyl (C=O) groups is 2. The Hall–Kier alpha value is -2.30. The van der Waals surface area contributed by atoms with Gasteiger partial charge in [0.05, 0.1) is 12.6 Å². The molecule has 3 fully saturated rings. The molecular weight excluding hydrogens is 422 g/mol. The Morgan fingerprint density at radius 2 is 1.75 bits per heavy atom. The third-order valence-corrected chi connectivity index (χ3v) is 6.37. The summed E-state index contributed by atoms with van der Waals surface area (Å²) in [5, 5.41) is 5.77. The van der Waals surface area contributed by atoms with Gasteiger partial charge in [0.1, 0.15) is 17.7 Å². The number of halogens is 2. The highest BCUT2D eigenvalue weighted by molar-refractivity contribution is 5.78. The molecular formula is C22H30F2N4O4. The molecule has 176 valence electrons. The summed E-state index contributed by atoms with van der Waals surface area (Å²) >= 11 is 0. The van der Waals surface area contributed by atoms with Crippen LogP contribution in [0.1, 0.15) is 44.1 Å². The van der Waals surface area contributed by atoms with Crippen molar-refractivity contribution < 1.29 is 27.8 Å². The molecule has 3 aliphatic rings. The molecule has 32 heavy (non-hydrogen) atoms. The first-order valence-corrected chi connectivity index (χ1v) is 11.2. The molecule has 4 rings (SSSR count). The topological polar surface area (TPSA) is 101 Å². The van der Waals surface area contributed by atoms with Gasteiger partial charge in [0, 0.05) is 31.4 Å². The molecule has 1 aromatic carbocycles. The van der Waals surface area contributed by atoms with Crippen LogP contribution in [0.2, 0.25) is 0 Å². The van der Waals surface area contributed by atoms with Crippen molar-refractivity contribution in [3.63, 3.8) is 0 Å². The highest BCUT2D eigenvalue weighted by Crippen LogP contribution is 2.33. The van der Waals surface area contributed by atoms with Gasteiger partial charge in [-0.3, -0.25) is 10.2 Å². The number of amides is 2. The van der Waals surface area contributed by atoms with E-state index < -0.39 is 11.6 Å². The third-order valence-electron chi connectivity index (χ3n) is 6.37. The number of carbonyl (C=O) groups excluding carboxylic acids is 2. The molecule has 2 saturated heterocycles. The zero-order chi connectivity index (χ0) is 22.5. The Morgan fingerprint density at radius 3 is 2.50 bits per heavy atom. The number of ether oxygens (including phenoxy) is 2. The molecule has 2 unspecified atom stereocenters. The van der Waals surface area contributed by atoms with E-state index in [4.69, 9.17) is 9.47 Å². The quantitative estimate of drug-likeness (QED) is 0.526. The molecule has 1 aliphatic carbocycles. The molecule has 2 aliphatic heterocycles. The predicted molar refractivity (Wildman–Crippen MR) is 111 cm³/mol. The van der Waals surface area contributed by atoms with Crippen molar-refractivity contribution in [3.8, 4) is 0 Å². The number of nitrogens with one attached hydrogen (secondary N) is 4. The molecule has 2 amide bonds. The molecule has 1 saturated carbocycles. The second-order valence-electron chi connectivity index (χ2n) is 8.84. The first-order chi connectivity index (χ1) is 15.4. The smallest absolute Gasteiger partial charge is 0.407 e. The average Bonchev–Trinajstić information content (AvgIpc) is 3.37. The number of hydrazine groups is 1. The van der Waals surface area contributed by atoms with Gasteiger partial charge in [0.15, 0.2) is 0 Å². The highest BCUT2D eigenvalue weighted by Gasteiger charge is 2.37. The molecule has 4 atom stereocenters. The van der Waals surface area contributed by atoms with Gasteiger partial charge in [-0.1, -0.05) is 0 Å². The van der Waals surface area contributed by atoms with Crippen LogP contribution in [0.3, 0.4) is 0 Å². The maximum Gasteiger partial charge on any atom is 0.407 e. The normalized spacial score (nSPS) is 28.4.